The molecule has 6 rings (SSSR count). The second kappa shape index (κ2) is 5.54. The first kappa shape index (κ1) is 18.1. The lowest BCUT2D eigenvalue weighted by molar-refractivity contribution is -0.154. The number of carbonyl (C=O) groups excluding carboxylic acids is 2. The standard InChI is InChI=1S/C21H15Br2NO4/c1-10(19(27)28)24-17(25)15-16(18(24)26)21(23)12-7-3-2-6-11(12)20(15,22)13-8-4-5-9-14(13)21/h2-10,15-16H,1H3,(H,27,28). The van der Waals surface area contributed by atoms with Crippen LogP contribution < -0.4 is 0 Å². The van der Waals surface area contributed by atoms with Gasteiger partial charge in [0, 0.05) is 0 Å². The van der Waals surface area contributed by atoms with E-state index in [1.54, 1.807) is 0 Å². The maximum atomic E-state index is 13.4. The van der Waals surface area contributed by atoms with E-state index in [4.69, 9.17) is 0 Å². The third-order valence-corrected chi connectivity index (χ3v) is 9.06. The summed E-state index contributed by atoms with van der Waals surface area (Å²) in [4.78, 5) is 39.4. The molecule has 1 saturated heterocycles. The van der Waals surface area contributed by atoms with Gasteiger partial charge in [-0.15, -0.1) is 0 Å². The van der Waals surface area contributed by atoms with Crippen molar-refractivity contribution in [3.8, 4) is 0 Å². The Hall–Kier alpha value is -1.99. The van der Waals surface area contributed by atoms with E-state index in [1.165, 1.54) is 6.92 Å². The lowest BCUT2D eigenvalue weighted by Gasteiger charge is -2.55. The van der Waals surface area contributed by atoms with Gasteiger partial charge in [-0.25, -0.2) is 4.79 Å². The zero-order chi connectivity index (χ0) is 20.0. The Morgan fingerprint density at radius 2 is 1.21 bits per heavy atom. The molecule has 1 aliphatic heterocycles. The van der Waals surface area contributed by atoms with Crippen LogP contribution in [0.25, 0.3) is 0 Å². The number of amides is 2. The predicted octanol–water partition coefficient (Wildman–Crippen LogP) is 3.36. The number of carboxylic acids is 1. The number of likely N-dealkylation sites (tertiary alicyclic amines) is 1. The molecule has 0 aromatic heterocycles. The summed E-state index contributed by atoms with van der Waals surface area (Å²) in [7, 11) is 0. The van der Waals surface area contributed by atoms with Gasteiger partial charge in [-0.2, -0.15) is 0 Å². The summed E-state index contributed by atoms with van der Waals surface area (Å²) in [6, 6.07) is 14.3. The Balaban J connectivity index is 1.86. The largest absolute Gasteiger partial charge is 0.480 e. The van der Waals surface area contributed by atoms with Gasteiger partial charge in [0.2, 0.25) is 11.8 Å². The first-order chi connectivity index (χ1) is 13.3. The Morgan fingerprint density at radius 1 is 0.893 bits per heavy atom. The second-order valence-electron chi connectivity index (χ2n) is 7.53. The highest BCUT2D eigenvalue weighted by atomic mass is 79.9. The topological polar surface area (TPSA) is 74.7 Å². The fourth-order valence-corrected chi connectivity index (χ4v) is 7.48. The molecule has 1 N–H and O–H groups in total. The van der Waals surface area contributed by atoms with Crippen molar-refractivity contribution in [3.63, 3.8) is 0 Å². The molecule has 2 aromatic carbocycles. The lowest BCUT2D eigenvalue weighted by atomic mass is 9.54. The molecule has 0 spiro atoms. The van der Waals surface area contributed by atoms with Gasteiger partial charge >= 0.3 is 5.97 Å². The fourth-order valence-electron chi connectivity index (χ4n) is 5.18. The first-order valence-electron chi connectivity index (χ1n) is 8.93. The van der Waals surface area contributed by atoms with Gasteiger partial charge in [-0.1, -0.05) is 80.4 Å². The smallest absolute Gasteiger partial charge is 0.326 e. The lowest BCUT2D eigenvalue weighted by Crippen LogP contribution is -2.56. The van der Waals surface area contributed by atoms with E-state index in [0.29, 0.717) is 0 Å². The number of nitrogens with zero attached hydrogens (tertiary/aromatic N) is 1. The van der Waals surface area contributed by atoms with E-state index in [2.05, 4.69) is 31.9 Å². The normalized spacial score (nSPS) is 33.3. The molecule has 3 atom stereocenters. The molecule has 3 unspecified atom stereocenters. The molecule has 142 valence electrons. The van der Waals surface area contributed by atoms with Gasteiger partial charge < -0.3 is 5.11 Å². The van der Waals surface area contributed by atoms with Crippen molar-refractivity contribution in [2.75, 3.05) is 0 Å². The number of carboxylic acid groups (broad SMARTS) is 1. The van der Waals surface area contributed by atoms with Crippen molar-refractivity contribution in [2.24, 2.45) is 11.8 Å². The molecule has 2 bridgehead atoms. The van der Waals surface area contributed by atoms with E-state index in [1.807, 2.05) is 48.5 Å². The van der Waals surface area contributed by atoms with Crippen LogP contribution in [0.3, 0.4) is 0 Å². The number of rotatable bonds is 2. The quantitative estimate of drug-likeness (QED) is 0.502. The molecule has 5 nitrogen and oxygen atoms in total. The minimum atomic E-state index is -1.22. The number of benzene rings is 2. The molecule has 1 heterocycles. The van der Waals surface area contributed by atoms with E-state index in [9.17, 15) is 19.5 Å². The van der Waals surface area contributed by atoms with Crippen LogP contribution in [-0.2, 0) is 23.0 Å². The Bertz CT molecular complexity index is 960. The molecule has 2 amide bonds. The summed E-state index contributed by atoms with van der Waals surface area (Å²) in [5.74, 6) is -3.56. The maximum Gasteiger partial charge on any atom is 0.326 e. The fraction of sp³-hybridized carbons (Fsp3) is 0.286. The van der Waals surface area contributed by atoms with Crippen LogP contribution in [0.4, 0.5) is 0 Å². The number of carbonyl (C=O) groups is 3. The molecule has 2 aromatic rings. The average Bonchev–Trinajstić information content (AvgIpc) is 2.97. The number of aliphatic carboxylic acids is 1. The predicted molar refractivity (Wildman–Crippen MR) is 108 cm³/mol. The van der Waals surface area contributed by atoms with Gasteiger partial charge in [-0.05, 0) is 29.2 Å². The van der Waals surface area contributed by atoms with Crippen molar-refractivity contribution >= 4 is 49.6 Å². The van der Waals surface area contributed by atoms with E-state index in [0.717, 1.165) is 27.2 Å². The van der Waals surface area contributed by atoms with Crippen molar-refractivity contribution in [1.29, 1.82) is 0 Å². The summed E-state index contributed by atoms with van der Waals surface area (Å²) < 4.78 is -1.78. The van der Waals surface area contributed by atoms with Crippen LogP contribution in [0.15, 0.2) is 48.5 Å². The van der Waals surface area contributed by atoms with Gasteiger partial charge in [-0.3, -0.25) is 14.5 Å². The number of halogens is 2. The highest BCUT2D eigenvalue weighted by molar-refractivity contribution is 9.10. The summed E-state index contributed by atoms with van der Waals surface area (Å²) in [6.45, 7) is 1.37. The molecule has 1 fully saturated rings. The summed E-state index contributed by atoms with van der Waals surface area (Å²) >= 11 is 7.75. The van der Waals surface area contributed by atoms with Crippen molar-refractivity contribution in [1.82, 2.24) is 4.90 Å². The third kappa shape index (κ3) is 1.80. The average molecular weight is 505 g/mol. The highest BCUT2D eigenvalue weighted by Gasteiger charge is 2.73. The van der Waals surface area contributed by atoms with Crippen LogP contribution in [0.2, 0.25) is 0 Å². The molecular weight excluding hydrogens is 490 g/mol. The molecule has 7 heteroatoms. The Labute approximate surface area is 178 Å². The van der Waals surface area contributed by atoms with Crippen LogP contribution in [0.1, 0.15) is 29.2 Å². The van der Waals surface area contributed by atoms with Crippen LogP contribution >= 0.6 is 31.9 Å². The molecule has 3 aliphatic carbocycles. The first-order valence-corrected chi connectivity index (χ1v) is 10.5. The summed E-state index contributed by atoms with van der Waals surface area (Å²) in [5.41, 5.74) is 3.71. The second-order valence-corrected chi connectivity index (χ2v) is 10.0. The highest BCUT2D eigenvalue weighted by Crippen LogP contribution is 2.70. The molecular formula is C21H15Br2NO4. The number of hydrogen-bond acceptors (Lipinski definition) is 3. The van der Waals surface area contributed by atoms with E-state index < -0.39 is 44.3 Å². The summed E-state index contributed by atoms with van der Waals surface area (Å²) in [5, 5.41) is 9.46. The van der Waals surface area contributed by atoms with Crippen LogP contribution in [-0.4, -0.2) is 33.8 Å². The zero-order valence-corrected chi connectivity index (χ0v) is 17.9. The van der Waals surface area contributed by atoms with Gasteiger partial charge in [0.1, 0.15) is 6.04 Å². The van der Waals surface area contributed by atoms with Crippen molar-refractivity contribution in [3.05, 3.63) is 70.8 Å². The van der Waals surface area contributed by atoms with Gasteiger partial charge in [0.25, 0.3) is 0 Å². The number of hydrogen-bond donors (Lipinski definition) is 1. The minimum absolute atomic E-state index is 0.449. The summed E-state index contributed by atoms with van der Waals surface area (Å²) in [6.07, 6.45) is 0. The van der Waals surface area contributed by atoms with Crippen LogP contribution in [0, 0.1) is 11.8 Å². The van der Waals surface area contributed by atoms with E-state index >= 15 is 0 Å². The zero-order valence-electron chi connectivity index (χ0n) is 14.7. The van der Waals surface area contributed by atoms with Gasteiger partial charge in [0.05, 0.1) is 20.5 Å². The minimum Gasteiger partial charge on any atom is -0.480 e. The van der Waals surface area contributed by atoms with Gasteiger partial charge in [0.15, 0.2) is 0 Å². The number of alkyl halides is 2. The van der Waals surface area contributed by atoms with Crippen molar-refractivity contribution in [2.45, 2.75) is 21.6 Å². The molecule has 0 saturated carbocycles. The molecule has 28 heavy (non-hydrogen) atoms. The van der Waals surface area contributed by atoms with Crippen LogP contribution in [0.5, 0.6) is 0 Å². The Morgan fingerprint density at radius 3 is 1.50 bits per heavy atom. The SMILES string of the molecule is CC(C(=O)O)N1C(=O)C2C(C1=O)C1(Br)c3ccccc3C2(Br)c2ccccc21. The molecule has 0 radical (unpaired) electrons. The monoisotopic (exact) mass is 503 g/mol. The van der Waals surface area contributed by atoms with Crippen molar-refractivity contribution < 1.29 is 19.5 Å². The third-order valence-electron chi connectivity index (χ3n) is 6.36. The van der Waals surface area contributed by atoms with E-state index in [-0.39, 0.29) is 0 Å². The Kier molecular flexibility index (Phi) is 3.57. The maximum absolute atomic E-state index is 13.4. The molecule has 4 aliphatic rings. The number of imide groups is 1.